The lowest BCUT2D eigenvalue weighted by Gasteiger charge is -2.19. The van der Waals surface area contributed by atoms with Crippen molar-refractivity contribution in [2.45, 2.75) is 19.5 Å². The number of aryl methyl sites for hydroxylation is 1. The van der Waals surface area contributed by atoms with Crippen LogP contribution in [0.3, 0.4) is 0 Å². The summed E-state index contributed by atoms with van der Waals surface area (Å²) < 4.78 is 1.76. The highest BCUT2D eigenvalue weighted by molar-refractivity contribution is 5.92. The summed E-state index contributed by atoms with van der Waals surface area (Å²) in [5, 5.41) is 11.4. The fourth-order valence-electron chi connectivity index (χ4n) is 3.35. The van der Waals surface area contributed by atoms with Crippen LogP contribution in [0.2, 0.25) is 0 Å². The number of carbonyl (C=O) groups is 1. The second kappa shape index (κ2) is 9.67. The van der Waals surface area contributed by atoms with Crippen molar-refractivity contribution in [1.29, 1.82) is 0 Å². The second-order valence-corrected chi connectivity index (χ2v) is 7.42. The van der Waals surface area contributed by atoms with Gasteiger partial charge in [0.15, 0.2) is 0 Å². The average molecular weight is 409 g/mol. The third kappa shape index (κ3) is 5.54. The largest absolute Gasteiger partial charge is 0.342 e. The maximum atomic E-state index is 12.7. The molecule has 154 valence electrons. The van der Waals surface area contributed by atoms with Crippen LogP contribution in [0, 0.1) is 6.92 Å². The predicted octanol–water partition coefficient (Wildman–Crippen LogP) is 4.55. The number of hydrogen-bond acceptors (Lipinski definition) is 3. The van der Waals surface area contributed by atoms with E-state index in [0.717, 1.165) is 16.7 Å². The van der Waals surface area contributed by atoms with Gasteiger partial charge in [-0.15, -0.1) is 5.10 Å². The maximum Gasteiger partial charge on any atom is 0.244 e. The Morgan fingerprint density at radius 1 is 0.935 bits per heavy atom. The normalized spacial score (nSPS) is 12.0. The summed E-state index contributed by atoms with van der Waals surface area (Å²) in [4.78, 5) is 12.7. The molecule has 1 unspecified atom stereocenters. The Hall–Kier alpha value is -3.99. The lowest BCUT2D eigenvalue weighted by atomic mass is 9.98. The molecule has 31 heavy (non-hydrogen) atoms. The number of nitrogens with one attached hydrogen (secondary N) is 1. The molecule has 1 atom stereocenters. The Bertz CT molecular complexity index is 1150. The van der Waals surface area contributed by atoms with Gasteiger partial charge in [-0.2, -0.15) is 0 Å². The minimum absolute atomic E-state index is 0.188. The Balaban J connectivity index is 1.45. The minimum Gasteiger partial charge on any atom is -0.342 e. The van der Waals surface area contributed by atoms with Crippen molar-refractivity contribution in [2.24, 2.45) is 0 Å². The second-order valence-electron chi connectivity index (χ2n) is 7.42. The molecule has 5 heteroatoms. The first-order valence-electron chi connectivity index (χ1n) is 10.2. The van der Waals surface area contributed by atoms with E-state index in [1.54, 1.807) is 10.8 Å². The molecule has 0 saturated carbocycles. The zero-order valence-corrected chi connectivity index (χ0v) is 17.3. The Morgan fingerprint density at radius 2 is 1.58 bits per heavy atom. The Kier molecular flexibility index (Phi) is 6.33. The minimum atomic E-state index is -0.229. The molecular formula is C26H24N4O. The number of nitrogens with zero attached hydrogens (tertiary/aromatic N) is 3. The maximum absolute atomic E-state index is 12.7. The number of rotatable bonds is 7. The fourth-order valence-corrected chi connectivity index (χ4v) is 3.35. The van der Waals surface area contributed by atoms with Crippen LogP contribution in [0.15, 0.2) is 97.2 Å². The van der Waals surface area contributed by atoms with E-state index in [4.69, 9.17) is 0 Å². The molecule has 0 aliphatic carbocycles. The van der Waals surface area contributed by atoms with E-state index in [1.165, 1.54) is 11.6 Å². The first-order chi connectivity index (χ1) is 15.2. The lowest BCUT2D eigenvalue weighted by Crippen LogP contribution is -2.27. The van der Waals surface area contributed by atoms with Gasteiger partial charge in [0, 0.05) is 6.08 Å². The topological polar surface area (TPSA) is 59.8 Å². The molecule has 0 aliphatic rings. The molecule has 0 radical (unpaired) electrons. The zero-order valence-electron chi connectivity index (χ0n) is 17.3. The van der Waals surface area contributed by atoms with Crippen LogP contribution >= 0.6 is 0 Å². The van der Waals surface area contributed by atoms with Gasteiger partial charge in [-0.05, 0) is 29.7 Å². The molecule has 0 spiro atoms. The summed E-state index contributed by atoms with van der Waals surface area (Å²) in [5.74, 6) is -0.188. The summed E-state index contributed by atoms with van der Waals surface area (Å²) in [6.45, 7) is 2.69. The molecule has 1 heterocycles. The van der Waals surface area contributed by atoms with Crippen molar-refractivity contribution in [2.75, 3.05) is 0 Å². The average Bonchev–Trinajstić information content (AvgIpc) is 3.25. The van der Waals surface area contributed by atoms with Crippen LogP contribution in [0.25, 0.3) is 6.08 Å². The molecule has 1 N–H and O–H groups in total. The zero-order chi connectivity index (χ0) is 21.5. The van der Waals surface area contributed by atoms with Crippen molar-refractivity contribution in [1.82, 2.24) is 20.3 Å². The molecule has 0 bridgehead atoms. The van der Waals surface area contributed by atoms with Crippen molar-refractivity contribution in [3.8, 4) is 0 Å². The molecule has 0 saturated heterocycles. The molecule has 4 rings (SSSR count). The first kappa shape index (κ1) is 20.3. The molecule has 3 aromatic carbocycles. The molecule has 1 amide bonds. The molecule has 4 aromatic rings. The monoisotopic (exact) mass is 408 g/mol. The van der Waals surface area contributed by atoms with Gasteiger partial charge >= 0.3 is 0 Å². The molecule has 0 fully saturated rings. The van der Waals surface area contributed by atoms with Gasteiger partial charge in [-0.25, -0.2) is 4.68 Å². The van der Waals surface area contributed by atoms with E-state index in [-0.39, 0.29) is 11.9 Å². The summed E-state index contributed by atoms with van der Waals surface area (Å²) >= 11 is 0. The summed E-state index contributed by atoms with van der Waals surface area (Å²) in [7, 11) is 0. The highest BCUT2D eigenvalue weighted by Gasteiger charge is 2.15. The molecular weight excluding hydrogens is 384 g/mol. The first-order valence-corrected chi connectivity index (χ1v) is 10.2. The Morgan fingerprint density at radius 3 is 2.29 bits per heavy atom. The van der Waals surface area contributed by atoms with Gasteiger partial charge in [-0.3, -0.25) is 4.79 Å². The van der Waals surface area contributed by atoms with E-state index in [9.17, 15) is 4.79 Å². The van der Waals surface area contributed by atoms with Crippen molar-refractivity contribution in [3.63, 3.8) is 0 Å². The van der Waals surface area contributed by atoms with Crippen LogP contribution in [-0.2, 0) is 11.3 Å². The van der Waals surface area contributed by atoms with Gasteiger partial charge in [0.1, 0.15) is 5.69 Å². The van der Waals surface area contributed by atoms with Gasteiger partial charge in [0.05, 0.1) is 18.8 Å². The van der Waals surface area contributed by atoms with Crippen LogP contribution in [0.5, 0.6) is 0 Å². The molecule has 1 aromatic heterocycles. The van der Waals surface area contributed by atoms with E-state index >= 15 is 0 Å². The van der Waals surface area contributed by atoms with Gasteiger partial charge in [0.2, 0.25) is 5.91 Å². The summed E-state index contributed by atoms with van der Waals surface area (Å²) in [6, 6.07) is 28.0. The summed E-state index contributed by atoms with van der Waals surface area (Å²) in [6.07, 6.45) is 5.01. The number of carbonyl (C=O) groups excluding carboxylic acids is 1. The van der Waals surface area contributed by atoms with E-state index < -0.39 is 0 Å². The highest BCUT2D eigenvalue weighted by atomic mass is 16.1. The predicted molar refractivity (Wildman–Crippen MR) is 122 cm³/mol. The molecule has 5 nitrogen and oxygen atoms in total. The van der Waals surface area contributed by atoms with Crippen molar-refractivity contribution < 1.29 is 4.79 Å². The number of aromatic nitrogens is 3. The van der Waals surface area contributed by atoms with E-state index in [0.29, 0.717) is 12.2 Å². The van der Waals surface area contributed by atoms with Gasteiger partial charge in [-0.1, -0.05) is 95.7 Å². The van der Waals surface area contributed by atoms with E-state index in [2.05, 4.69) is 27.8 Å². The van der Waals surface area contributed by atoms with E-state index in [1.807, 2.05) is 85.9 Å². The van der Waals surface area contributed by atoms with Crippen LogP contribution in [-0.4, -0.2) is 20.9 Å². The standard InChI is InChI=1S/C26H24N4O/c1-20-12-14-23(15-13-20)26(22-10-6-3-7-11-22)27-25(31)17-16-24-19-30(29-28-24)18-21-8-4-2-5-9-21/h2-17,19,26H,18H2,1H3,(H,27,31)/b17-16+. The lowest BCUT2D eigenvalue weighted by molar-refractivity contribution is -0.116. The number of benzene rings is 3. The third-order valence-corrected chi connectivity index (χ3v) is 4.98. The van der Waals surface area contributed by atoms with Crippen LogP contribution < -0.4 is 5.32 Å². The number of hydrogen-bond donors (Lipinski definition) is 1. The quantitative estimate of drug-likeness (QED) is 0.456. The highest BCUT2D eigenvalue weighted by Crippen LogP contribution is 2.22. The van der Waals surface area contributed by atoms with Crippen LogP contribution in [0.1, 0.15) is 34.0 Å². The van der Waals surface area contributed by atoms with Gasteiger partial charge < -0.3 is 5.32 Å². The van der Waals surface area contributed by atoms with Crippen LogP contribution in [0.4, 0.5) is 0 Å². The smallest absolute Gasteiger partial charge is 0.244 e. The number of amides is 1. The SMILES string of the molecule is Cc1ccc(C(NC(=O)/C=C/c2cn(Cc3ccccc3)nn2)c2ccccc2)cc1. The molecule has 0 aliphatic heterocycles. The van der Waals surface area contributed by atoms with Crippen molar-refractivity contribution in [3.05, 3.63) is 125 Å². The Labute approximate surface area is 182 Å². The fraction of sp³-hybridized carbons (Fsp3) is 0.115. The summed E-state index contributed by atoms with van der Waals surface area (Å²) in [5.41, 5.74) is 5.02. The van der Waals surface area contributed by atoms with Crippen molar-refractivity contribution >= 4 is 12.0 Å². The van der Waals surface area contributed by atoms with Gasteiger partial charge in [0.25, 0.3) is 0 Å². The third-order valence-electron chi connectivity index (χ3n) is 4.98.